The molecule has 194 valence electrons. The molecule has 0 bridgehead atoms. The van der Waals surface area contributed by atoms with Gasteiger partial charge in [0.15, 0.2) is 0 Å². The SMILES string of the molecule is CCCCCCCCn1sccc1=O.CN1C(=O)C(O)N=C(c2ccccc2)c2cc(Cl)ccc21.Cl. The number of carbonyl (C=O) groups is 1. The van der Waals surface area contributed by atoms with Crippen molar-refractivity contribution in [1.82, 2.24) is 3.96 Å². The van der Waals surface area contributed by atoms with Crippen molar-refractivity contribution < 1.29 is 9.90 Å². The van der Waals surface area contributed by atoms with E-state index in [0.29, 0.717) is 16.4 Å². The van der Waals surface area contributed by atoms with Gasteiger partial charge < -0.3 is 10.0 Å². The number of anilines is 1. The second kappa shape index (κ2) is 15.0. The number of aromatic nitrogens is 1. The van der Waals surface area contributed by atoms with Crippen LogP contribution in [0, 0.1) is 0 Å². The zero-order valence-electron chi connectivity index (χ0n) is 20.6. The molecule has 0 spiro atoms. The van der Waals surface area contributed by atoms with Crippen LogP contribution in [0.1, 0.15) is 56.6 Å². The predicted molar refractivity (Wildman–Crippen MR) is 152 cm³/mol. The molecule has 0 saturated heterocycles. The quantitative estimate of drug-likeness (QED) is 0.341. The van der Waals surface area contributed by atoms with Crippen molar-refractivity contribution >= 4 is 52.8 Å². The second-order valence-electron chi connectivity index (χ2n) is 8.39. The first-order valence-electron chi connectivity index (χ1n) is 12.0. The highest BCUT2D eigenvalue weighted by atomic mass is 35.5. The summed E-state index contributed by atoms with van der Waals surface area (Å²) in [5.41, 5.74) is 2.93. The molecule has 9 heteroatoms. The molecule has 1 aliphatic heterocycles. The standard InChI is InChI=1S/C16H13ClN2O2.C11H19NOS.ClH/c1-19-13-8-7-11(17)9-12(13)14(18-15(20)16(19)21)10-5-3-2-4-6-10;1-2-3-4-5-6-7-9-12-11(13)8-10-14-12;/h2-9,15,20H,1H3;8,10H,2-7,9H2,1H3;1H. The Bertz CT molecular complexity index is 1190. The maximum atomic E-state index is 12.1. The maximum Gasteiger partial charge on any atom is 0.278 e. The summed E-state index contributed by atoms with van der Waals surface area (Å²) in [5.74, 6) is -0.468. The minimum absolute atomic E-state index is 0. The zero-order chi connectivity index (χ0) is 25.2. The van der Waals surface area contributed by atoms with Gasteiger partial charge in [-0.15, -0.1) is 12.4 Å². The lowest BCUT2D eigenvalue weighted by Crippen LogP contribution is -2.34. The van der Waals surface area contributed by atoms with Crippen molar-refractivity contribution in [2.75, 3.05) is 11.9 Å². The van der Waals surface area contributed by atoms with Crippen LogP contribution in [0.3, 0.4) is 0 Å². The van der Waals surface area contributed by atoms with E-state index >= 15 is 0 Å². The molecule has 0 aliphatic carbocycles. The Labute approximate surface area is 227 Å². The van der Waals surface area contributed by atoms with Crippen LogP contribution in [-0.2, 0) is 11.3 Å². The smallest absolute Gasteiger partial charge is 0.278 e. The number of benzodiazepines with no additional fused rings is 1. The number of fused-ring (bicyclic) bond motifs is 1. The molecule has 1 aromatic heterocycles. The van der Waals surface area contributed by atoms with E-state index in [-0.39, 0.29) is 18.0 Å². The first-order chi connectivity index (χ1) is 16.9. The van der Waals surface area contributed by atoms with E-state index < -0.39 is 12.1 Å². The molecule has 0 radical (unpaired) electrons. The Balaban J connectivity index is 0.000000268. The number of hydrogen-bond acceptors (Lipinski definition) is 5. The van der Waals surface area contributed by atoms with E-state index in [1.54, 1.807) is 31.3 Å². The fraction of sp³-hybridized carbons (Fsp3) is 0.370. The third-order valence-corrected chi connectivity index (χ3v) is 6.89. The molecule has 0 saturated carbocycles. The molecule has 2 aromatic carbocycles. The highest BCUT2D eigenvalue weighted by Gasteiger charge is 2.28. The van der Waals surface area contributed by atoms with Crippen molar-refractivity contribution in [3.8, 4) is 0 Å². The van der Waals surface area contributed by atoms with Gasteiger partial charge in [-0.05, 0) is 24.6 Å². The van der Waals surface area contributed by atoms with E-state index in [0.717, 1.165) is 24.1 Å². The van der Waals surface area contributed by atoms with Gasteiger partial charge >= 0.3 is 0 Å². The molecule has 36 heavy (non-hydrogen) atoms. The minimum atomic E-state index is -1.42. The number of benzene rings is 2. The molecule has 4 rings (SSSR count). The van der Waals surface area contributed by atoms with Gasteiger partial charge in [-0.2, -0.15) is 0 Å². The number of aliphatic imine (C=N–C) groups is 1. The maximum absolute atomic E-state index is 12.1. The normalized spacial score (nSPS) is 14.7. The lowest BCUT2D eigenvalue weighted by Gasteiger charge is -2.18. The Kier molecular flexibility index (Phi) is 12.4. The topological polar surface area (TPSA) is 74.9 Å². The fourth-order valence-electron chi connectivity index (χ4n) is 3.85. The number of aliphatic hydroxyl groups excluding tert-OH is 1. The summed E-state index contributed by atoms with van der Waals surface area (Å²) in [6.45, 7) is 3.13. The molecule has 1 unspecified atom stereocenters. The number of carbonyl (C=O) groups excluding carboxylic acids is 1. The summed E-state index contributed by atoms with van der Waals surface area (Å²) in [5, 5.41) is 12.4. The fourth-order valence-corrected chi connectivity index (χ4v) is 4.75. The van der Waals surface area contributed by atoms with Crippen LogP contribution >= 0.6 is 35.5 Å². The number of nitrogens with zero attached hydrogens (tertiary/aromatic N) is 3. The van der Waals surface area contributed by atoms with Crippen LogP contribution in [0.25, 0.3) is 0 Å². The largest absolute Gasteiger partial charge is 0.364 e. The Hall–Kier alpha value is -2.45. The molecule has 6 nitrogen and oxygen atoms in total. The average Bonchev–Trinajstić information content (AvgIpc) is 3.25. The minimum Gasteiger partial charge on any atom is -0.364 e. The molecule has 1 amide bonds. The Morgan fingerprint density at radius 3 is 2.36 bits per heavy atom. The van der Waals surface area contributed by atoms with Crippen molar-refractivity contribution in [2.45, 2.75) is 58.2 Å². The predicted octanol–water partition coefficient (Wildman–Crippen LogP) is 6.16. The number of amides is 1. The molecule has 1 atom stereocenters. The average molecular weight is 551 g/mol. The first-order valence-corrected chi connectivity index (χ1v) is 13.2. The third-order valence-electron chi connectivity index (χ3n) is 5.78. The molecule has 3 aromatic rings. The van der Waals surface area contributed by atoms with Gasteiger partial charge in [-0.1, -0.05) is 92.5 Å². The number of aryl methyl sites for hydroxylation is 1. The van der Waals surface area contributed by atoms with Gasteiger partial charge in [0, 0.05) is 41.2 Å². The van der Waals surface area contributed by atoms with E-state index in [1.165, 1.54) is 48.5 Å². The van der Waals surface area contributed by atoms with E-state index in [9.17, 15) is 14.7 Å². The highest BCUT2D eigenvalue weighted by molar-refractivity contribution is 7.04. The summed E-state index contributed by atoms with van der Waals surface area (Å²) in [6.07, 6.45) is 6.28. The molecule has 1 N–H and O–H groups in total. The van der Waals surface area contributed by atoms with Crippen molar-refractivity contribution in [3.63, 3.8) is 0 Å². The lowest BCUT2D eigenvalue weighted by molar-refractivity contribution is -0.125. The number of likely N-dealkylation sites (N-methyl/N-ethyl adjacent to an activating group) is 1. The van der Waals surface area contributed by atoms with Gasteiger partial charge in [0.1, 0.15) is 0 Å². The number of halogens is 2. The number of aliphatic hydroxyl groups is 1. The van der Waals surface area contributed by atoms with Crippen LogP contribution in [0.5, 0.6) is 0 Å². The molecule has 0 fully saturated rings. The van der Waals surface area contributed by atoms with Gasteiger partial charge in [0.05, 0.1) is 11.4 Å². The molecular weight excluding hydrogens is 517 g/mol. The number of hydrogen-bond donors (Lipinski definition) is 1. The second-order valence-corrected chi connectivity index (χ2v) is 9.75. The summed E-state index contributed by atoms with van der Waals surface area (Å²) in [4.78, 5) is 28.8. The summed E-state index contributed by atoms with van der Waals surface area (Å²) in [7, 11) is 1.61. The highest BCUT2D eigenvalue weighted by Crippen LogP contribution is 2.29. The van der Waals surface area contributed by atoms with Gasteiger partial charge in [-0.25, -0.2) is 4.99 Å². The summed E-state index contributed by atoms with van der Waals surface area (Å²) < 4.78 is 1.83. The van der Waals surface area contributed by atoms with Gasteiger partial charge in [0.2, 0.25) is 6.23 Å². The number of unbranched alkanes of at least 4 members (excludes halogenated alkanes) is 5. The number of rotatable bonds is 8. The Morgan fingerprint density at radius 2 is 1.69 bits per heavy atom. The third kappa shape index (κ3) is 8.03. The van der Waals surface area contributed by atoms with Crippen molar-refractivity contribution in [1.29, 1.82) is 0 Å². The molecular formula is C27H33Cl2N3O3S. The van der Waals surface area contributed by atoms with Crippen LogP contribution in [-0.4, -0.2) is 34.0 Å². The lowest BCUT2D eigenvalue weighted by atomic mass is 10.0. The summed E-state index contributed by atoms with van der Waals surface area (Å²) >= 11 is 7.60. The van der Waals surface area contributed by atoms with E-state index in [1.807, 2.05) is 39.7 Å². The first kappa shape index (κ1) is 29.8. The summed E-state index contributed by atoms with van der Waals surface area (Å²) in [6, 6.07) is 16.3. The van der Waals surface area contributed by atoms with Crippen LogP contribution in [0.4, 0.5) is 5.69 Å². The molecule has 1 aliphatic rings. The van der Waals surface area contributed by atoms with Gasteiger partial charge in [-0.3, -0.25) is 13.5 Å². The van der Waals surface area contributed by atoms with Crippen LogP contribution < -0.4 is 10.5 Å². The van der Waals surface area contributed by atoms with E-state index in [4.69, 9.17) is 11.6 Å². The molecule has 2 heterocycles. The van der Waals surface area contributed by atoms with Gasteiger partial charge in [0.25, 0.3) is 11.5 Å². The van der Waals surface area contributed by atoms with E-state index in [2.05, 4.69) is 11.9 Å². The Morgan fingerprint density at radius 1 is 1.00 bits per heavy atom. The van der Waals surface area contributed by atoms with Crippen LogP contribution in [0.2, 0.25) is 5.02 Å². The van der Waals surface area contributed by atoms with Crippen LogP contribution in [0.15, 0.2) is 69.8 Å². The zero-order valence-corrected chi connectivity index (χ0v) is 23.0. The monoisotopic (exact) mass is 549 g/mol. The van der Waals surface area contributed by atoms with Crippen molar-refractivity contribution in [3.05, 3.63) is 86.5 Å². The van der Waals surface area contributed by atoms with Crippen molar-refractivity contribution in [2.24, 2.45) is 4.99 Å².